The maximum Gasteiger partial charge on any atom is 0.238 e. The van der Waals surface area contributed by atoms with Crippen LogP contribution in [0.4, 0.5) is 0 Å². The van der Waals surface area contributed by atoms with Gasteiger partial charge in [-0.15, -0.1) is 0 Å². The largest absolute Gasteiger partial charge is 0.330 e. The number of nitrogens with one attached hydrogen (secondary N) is 1. The molecule has 88 valence electrons. The van der Waals surface area contributed by atoms with Crippen LogP contribution in [0, 0.1) is 5.41 Å². The quantitative estimate of drug-likeness (QED) is 0.728. The summed E-state index contributed by atoms with van der Waals surface area (Å²) in [5, 5.41) is 1.73. The Morgan fingerprint density at radius 1 is 1.60 bits per heavy atom. The predicted octanol–water partition coefficient (Wildman–Crippen LogP) is 0.877. The molecule has 1 heterocycles. The fraction of sp³-hybridized carbons (Fsp3) is 0.909. The van der Waals surface area contributed by atoms with Gasteiger partial charge in [0, 0.05) is 18.5 Å². The highest BCUT2D eigenvalue weighted by molar-refractivity contribution is 5.79. The average Bonchev–Trinajstić information content (AvgIpc) is 2.42. The number of nitrogens with zero attached hydrogens (tertiary/aromatic N) is 1. The highest BCUT2D eigenvalue weighted by Crippen LogP contribution is 2.25. The molecule has 0 radical (unpaired) electrons. The van der Waals surface area contributed by atoms with Gasteiger partial charge in [0.1, 0.15) is 0 Å². The Hall–Kier alpha value is -0.610. The summed E-state index contributed by atoms with van der Waals surface area (Å²) in [6, 6.07) is 0. The molecule has 0 spiro atoms. The molecule has 0 aromatic rings. The van der Waals surface area contributed by atoms with E-state index >= 15 is 0 Å². The number of carbonyl (C=O) groups is 1. The van der Waals surface area contributed by atoms with Gasteiger partial charge in [-0.2, -0.15) is 0 Å². The van der Waals surface area contributed by atoms with E-state index in [1.807, 2.05) is 0 Å². The fourth-order valence-electron chi connectivity index (χ4n) is 1.68. The third kappa shape index (κ3) is 2.92. The average molecular weight is 213 g/mol. The molecule has 0 saturated carbocycles. The molecule has 0 aromatic heterocycles. The first-order valence-electron chi connectivity index (χ1n) is 5.60. The van der Waals surface area contributed by atoms with Gasteiger partial charge in [0.05, 0.1) is 0 Å². The van der Waals surface area contributed by atoms with Gasteiger partial charge in [0.15, 0.2) is 0 Å². The topological polar surface area (TPSA) is 58.4 Å². The lowest BCUT2D eigenvalue weighted by Crippen LogP contribution is -2.48. The van der Waals surface area contributed by atoms with Gasteiger partial charge >= 0.3 is 0 Å². The van der Waals surface area contributed by atoms with Crippen molar-refractivity contribution in [2.24, 2.45) is 11.1 Å². The van der Waals surface area contributed by atoms with Gasteiger partial charge in [0.2, 0.25) is 5.91 Å². The molecular weight excluding hydrogens is 190 g/mol. The van der Waals surface area contributed by atoms with Crippen molar-refractivity contribution in [1.82, 2.24) is 10.4 Å². The van der Waals surface area contributed by atoms with Crippen LogP contribution in [0.25, 0.3) is 0 Å². The zero-order valence-corrected chi connectivity index (χ0v) is 10.3. The monoisotopic (exact) mass is 213 g/mol. The Kier molecular flexibility index (Phi) is 3.41. The Labute approximate surface area is 92.2 Å². The van der Waals surface area contributed by atoms with E-state index in [0.29, 0.717) is 19.5 Å². The highest BCUT2D eigenvalue weighted by Gasteiger charge is 2.39. The maximum atomic E-state index is 11.8. The first kappa shape index (κ1) is 12.5. The molecule has 0 bridgehead atoms. The Morgan fingerprint density at radius 3 is 2.60 bits per heavy atom. The maximum absolute atomic E-state index is 11.8. The van der Waals surface area contributed by atoms with Crippen LogP contribution in [0.2, 0.25) is 0 Å². The normalized spacial score (nSPS) is 27.5. The highest BCUT2D eigenvalue weighted by atomic mass is 16.2. The van der Waals surface area contributed by atoms with E-state index in [-0.39, 0.29) is 16.9 Å². The van der Waals surface area contributed by atoms with E-state index < -0.39 is 0 Å². The summed E-state index contributed by atoms with van der Waals surface area (Å²) in [4.78, 5) is 11.8. The first-order valence-corrected chi connectivity index (χ1v) is 5.60. The molecule has 1 aliphatic rings. The van der Waals surface area contributed by atoms with Gasteiger partial charge in [-0.25, -0.2) is 5.43 Å². The van der Waals surface area contributed by atoms with Crippen molar-refractivity contribution >= 4 is 5.91 Å². The van der Waals surface area contributed by atoms with E-state index in [4.69, 9.17) is 5.73 Å². The van der Waals surface area contributed by atoms with Gasteiger partial charge < -0.3 is 5.73 Å². The molecule has 1 aliphatic heterocycles. The van der Waals surface area contributed by atoms with Gasteiger partial charge in [0.25, 0.3) is 0 Å². The SMILES string of the molecule is CCC1(C)CC(=O)N(CC(C)(C)CN)N1. The van der Waals surface area contributed by atoms with Crippen molar-refractivity contribution in [2.75, 3.05) is 13.1 Å². The fourth-order valence-corrected chi connectivity index (χ4v) is 1.68. The molecule has 0 aromatic carbocycles. The smallest absolute Gasteiger partial charge is 0.238 e. The predicted molar refractivity (Wildman–Crippen MR) is 61.0 cm³/mol. The molecular formula is C11H23N3O. The molecule has 0 aliphatic carbocycles. The summed E-state index contributed by atoms with van der Waals surface area (Å²) < 4.78 is 0. The van der Waals surface area contributed by atoms with E-state index in [2.05, 4.69) is 33.1 Å². The number of hydrogen-bond acceptors (Lipinski definition) is 3. The third-order valence-electron chi connectivity index (χ3n) is 3.17. The van der Waals surface area contributed by atoms with E-state index in [1.54, 1.807) is 5.01 Å². The van der Waals surface area contributed by atoms with Crippen LogP contribution < -0.4 is 11.2 Å². The Morgan fingerprint density at radius 2 is 2.20 bits per heavy atom. The number of carbonyl (C=O) groups excluding carboxylic acids is 1. The third-order valence-corrected chi connectivity index (χ3v) is 3.17. The van der Waals surface area contributed by atoms with Crippen LogP contribution in [0.3, 0.4) is 0 Å². The van der Waals surface area contributed by atoms with Crippen molar-refractivity contribution < 1.29 is 4.79 Å². The minimum absolute atomic E-state index is 0.0261. The second-order valence-electron chi connectivity index (χ2n) is 5.55. The van der Waals surface area contributed by atoms with Crippen molar-refractivity contribution in [3.05, 3.63) is 0 Å². The van der Waals surface area contributed by atoms with Crippen molar-refractivity contribution in [1.29, 1.82) is 0 Å². The second-order valence-corrected chi connectivity index (χ2v) is 5.55. The van der Waals surface area contributed by atoms with Gasteiger partial charge in [-0.3, -0.25) is 9.80 Å². The molecule has 1 fully saturated rings. The molecule has 1 amide bonds. The van der Waals surface area contributed by atoms with Crippen LogP contribution in [0.1, 0.15) is 40.5 Å². The van der Waals surface area contributed by atoms with E-state index in [0.717, 1.165) is 6.42 Å². The first-order chi connectivity index (χ1) is 6.82. The molecule has 1 saturated heterocycles. The summed E-state index contributed by atoms with van der Waals surface area (Å²) in [6.45, 7) is 9.59. The standard InChI is InChI=1S/C11H23N3O/c1-5-11(4)6-9(15)14(13-11)8-10(2,3)7-12/h13H,5-8,12H2,1-4H3. The zero-order valence-electron chi connectivity index (χ0n) is 10.3. The van der Waals surface area contributed by atoms with Gasteiger partial charge in [-0.1, -0.05) is 20.8 Å². The summed E-state index contributed by atoms with van der Waals surface area (Å²) in [6.07, 6.45) is 1.54. The van der Waals surface area contributed by atoms with Crippen LogP contribution >= 0.6 is 0 Å². The summed E-state index contributed by atoms with van der Waals surface area (Å²) in [5.74, 6) is 0.181. The van der Waals surface area contributed by atoms with E-state index in [9.17, 15) is 4.79 Å². The zero-order chi connectivity index (χ0) is 11.7. The number of hydrazine groups is 1. The molecule has 1 rings (SSSR count). The summed E-state index contributed by atoms with van der Waals surface area (Å²) in [7, 11) is 0. The molecule has 1 unspecified atom stereocenters. The van der Waals surface area contributed by atoms with Crippen molar-refractivity contribution in [3.63, 3.8) is 0 Å². The Bertz CT molecular complexity index is 252. The van der Waals surface area contributed by atoms with Gasteiger partial charge in [-0.05, 0) is 25.3 Å². The van der Waals surface area contributed by atoms with Crippen LogP contribution in [-0.2, 0) is 4.79 Å². The van der Waals surface area contributed by atoms with Crippen molar-refractivity contribution in [2.45, 2.75) is 46.1 Å². The molecule has 4 nitrogen and oxygen atoms in total. The summed E-state index contributed by atoms with van der Waals surface area (Å²) in [5.41, 5.74) is 8.86. The van der Waals surface area contributed by atoms with Crippen LogP contribution in [-0.4, -0.2) is 29.5 Å². The summed E-state index contributed by atoms with van der Waals surface area (Å²) >= 11 is 0. The minimum Gasteiger partial charge on any atom is -0.330 e. The lowest BCUT2D eigenvalue weighted by atomic mass is 9.93. The van der Waals surface area contributed by atoms with Crippen LogP contribution in [0.5, 0.6) is 0 Å². The molecule has 3 N–H and O–H groups in total. The number of amides is 1. The Balaban J connectivity index is 2.63. The van der Waals surface area contributed by atoms with Crippen molar-refractivity contribution in [3.8, 4) is 0 Å². The van der Waals surface area contributed by atoms with E-state index in [1.165, 1.54) is 0 Å². The number of hydrogen-bond donors (Lipinski definition) is 2. The van der Waals surface area contributed by atoms with Crippen LogP contribution in [0.15, 0.2) is 0 Å². The second kappa shape index (κ2) is 4.10. The lowest BCUT2D eigenvalue weighted by Gasteiger charge is -2.31. The lowest BCUT2D eigenvalue weighted by molar-refractivity contribution is -0.130. The molecule has 15 heavy (non-hydrogen) atoms. The minimum atomic E-state index is -0.0677. The molecule has 1 atom stereocenters. The number of rotatable bonds is 4. The molecule has 4 heteroatoms. The number of nitrogens with two attached hydrogens (primary N) is 1.